The molecule has 1 aromatic carbocycles. The second kappa shape index (κ2) is 10.8. The number of halogens is 3. The summed E-state index contributed by atoms with van der Waals surface area (Å²) < 4.78 is 15.7. The van der Waals surface area contributed by atoms with Crippen LogP contribution in [0.3, 0.4) is 0 Å². The van der Waals surface area contributed by atoms with Gasteiger partial charge in [0.15, 0.2) is 5.82 Å². The van der Waals surface area contributed by atoms with E-state index in [0.717, 1.165) is 37.3 Å². The molecule has 8 heteroatoms. The minimum absolute atomic E-state index is 0. The fourth-order valence-corrected chi connectivity index (χ4v) is 3.71. The highest BCUT2D eigenvalue weighted by molar-refractivity contribution is 5.85. The number of nitrogens with zero attached hydrogens (tertiary/aromatic N) is 2. The second-order valence-electron chi connectivity index (χ2n) is 7.06. The number of hydrogen-bond acceptors (Lipinski definition) is 3. The summed E-state index contributed by atoms with van der Waals surface area (Å²) in [6, 6.07) is 4.96. The molecule has 2 heterocycles. The van der Waals surface area contributed by atoms with E-state index in [0.29, 0.717) is 36.7 Å². The number of para-hydroxylation sites is 1. The number of nitrogens with one attached hydrogen (secondary N) is 2. The number of imidazole rings is 1. The number of carbonyl (C=O) groups is 1. The monoisotopic (exact) mass is 418 g/mol. The lowest BCUT2D eigenvalue weighted by molar-refractivity contribution is -0.122. The van der Waals surface area contributed by atoms with E-state index < -0.39 is 0 Å². The molecular formula is C19H29Cl2FN4O. The third-order valence-corrected chi connectivity index (χ3v) is 5.32. The van der Waals surface area contributed by atoms with Crippen molar-refractivity contribution in [3.05, 3.63) is 29.8 Å². The molecule has 1 aliphatic heterocycles. The molecule has 0 spiro atoms. The number of amides is 1. The van der Waals surface area contributed by atoms with E-state index in [9.17, 15) is 9.18 Å². The van der Waals surface area contributed by atoms with Crippen LogP contribution >= 0.6 is 24.8 Å². The van der Waals surface area contributed by atoms with Crippen LogP contribution in [-0.2, 0) is 18.3 Å². The first kappa shape index (κ1) is 23.7. The van der Waals surface area contributed by atoms with Gasteiger partial charge in [0.25, 0.3) is 0 Å². The van der Waals surface area contributed by atoms with E-state index in [2.05, 4.69) is 22.5 Å². The number of benzene rings is 1. The van der Waals surface area contributed by atoms with Crippen LogP contribution in [0.4, 0.5) is 4.39 Å². The maximum absolute atomic E-state index is 13.8. The average Bonchev–Trinajstić information content (AvgIpc) is 2.93. The van der Waals surface area contributed by atoms with Gasteiger partial charge in [-0.2, -0.15) is 0 Å². The van der Waals surface area contributed by atoms with Gasteiger partial charge in [-0.1, -0.05) is 13.0 Å². The molecule has 0 bridgehead atoms. The molecule has 1 amide bonds. The van der Waals surface area contributed by atoms with E-state index in [4.69, 9.17) is 0 Å². The molecule has 2 aromatic rings. The third-order valence-electron chi connectivity index (χ3n) is 5.32. The van der Waals surface area contributed by atoms with Gasteiger partial charge in [0.1, 0.15) is 11.3 Å². The van der Waals surface area contributed by atoms with Gasteiger partial charge in [-0.25, -0.2) is 9.37 Å². The first-order valence-corrected chi connectivity index (χ1v) is 9.13. The summed E-state index contributed by atoms with van der Waals surface area (Å²) in [5.41, 5.74) is 1.17. The Morgan fingerprint density at radius 3 is 2.74 bits per heavy atom. The number of hydrogen-bond donors (Lipinski definition) is 2. The maximum atomic E-state index is 13.8. The Labute approximate surface area is 172 Å². The number of aryl methyl sites for hydroxylation is 1. The van der Waals surface area contributed by atoms with E-state index in [1.54, 1.807) is 6.07 Å². The lowest BCUT2D eigenvalue weighted by Crippen LogP contribution is -2.34. The van der Waals surface area contributed by atoms with Crippen molar-refractivity contribution in [1.29, 1.82) is 0 Å². The summed E-state index contributed by atoms with van der Waals surface area (Å²) in [7, 11) is 1.88. The van der Waals surface area contributed by atoms with Crippen LogP contribution in [0, 0.1) is 17.7 Å². The van der Waals surface area contributed by atoms with E-state index in [1.807, 2.05) is 17.7 Å². The number of carbonyl (C=O) groups excluding carboxylic acids is 1. The van der Waals surface area contributed by atoms with Crippen molar-refractivity contribution in [2.75, 3.05) is 19.6 Å². The highest BCUT2D eigenvalue weighted by Crippen LogP contribution is 2.24. The summed E-state index contributed by atoms with van der Waals surface area (Å²) >= 11 is 0. The van der Waals surface area contributed by atoms with Crippen LogP contribution in [-0.4, -0.2) is 35.1 Å². The van der Waals surface area contributed by atoms with Crippen molar-refractivity contribution in [1.82, 2.24) is 20.2 Å². The summed E-state index contributed by atoms with van der Waals surface area (Å²) in [5.74, 6) is 1.61. The van der Waals surface area contributed by atoms with Crippen LogP contribution in [0.2, 0.25) is 0 Å². The number of fused-ring (bicyclic) bond motifs is 1. The first-order valence-electron chi connectivity index (χ1n) is 9.13. The molecule has 1 atom stereocenters. The molecule has 1 fully saturated rings. The van der Waals surface area contributed by atoms with Crippen molar-refractivity contribution in [3.63, 3.8) is 0 Å². The predicted molar refractivity (Wildman–Crippen MR) is 111 cm³/mol. The highest BCUT2D eigenvalue weighted by Gasteiger charge is 2.22. The van der Waals surface area contributed by atoms with Crippen LogP contribution in [0.5, 0.6) is 0 Å². The lowest BCUT2D eigenvalue weighted by atomic mass is 9.84. The Balaban J connectivity index is 0.00000182. The van der Waals surface area contributed by atoms with Crippen molar-refractivity contribution >= 4 is 41.8 Å². The number of aromatic nitrogens is 2. The summed E-state index contributed by atoms with van der Waals surface area (Å²) in [6.45, 7) is 4.81. The summed E-state index contributed by atoms with van der Waals surface area (Å²) in [4.78, 5) is 16.6. The van der Waals surface area contributed by atoms with Gasteiger partial charge in [-0.15, -0.1) is 24.8 Å². The van der Waals surface area contributed by atoms with Crippen molar-refractivity contribution in [2.24, 2.45) is 18.9 Å². The molecule has 3 rings (SSSR count). The summed E-state index contributed by atoms with van der Waals surface area (Å²) in [5, 5.41) is 6.34. The Morgan fingerprint density at radius 1 is 1.37 bits per heavy atom. The molecule has 1 saturated heterocycles. The van der Waals surface area contributed by atoms with E-state index >= 15 is 0 Å². The summed E-state index contributed by atoms with van der Waals surface area (Å²) in [6.07, 6.45) is 3.47. The van der Waals surface area contributed by atoms with Gasteiger partial charge >= 0.3 is 0 Å². The minimum atomic E-state index is -0.306. The average molecular weight is 419 g/mol. The molecule has 1 aliphatic rings. The van der Waals surface area contributed by atoms with Crippen LogP contribution in [0.15, 0.2) is 18.2 Å². The van der Waals surface area contributed by atoms with Crippen LogP contribution < -0.4 is 10.6 Å². The van der Waals surface area contributed by atoms with Gasteiger partial charge in [0.05, 0.1) is 5.52 Å². The minimum Gasteiger partial charge on any atom is -0.356 e. The molecular weight excluding hydrogens is 390 g/mol. The van der Waals surface area contributed by atoms with Gasteiger partial charge < -0.3 is 15.2 Å². The Hall–Kier alpha value is -1.37. The smallest absolute Gasteiger partial charge is 0.220 e. The normalized spacial score (nSPS) is 15.7. The van der Waals surface area contributed by atoms with E-state index in [-0.39, 0.29) is 36.5 Å². The van der Waals surface area contributed by atoms with Crippen molar-refractivity contribution in [3.8, 4) is 0 Å². The number of rotatable bonds is 6. The Morgan fingerprint density at radius 2 is 2.07 bits per heavy atom. The molecule has 0 radical (unpaired) electrons. The predicted octanol–water partition coefficient (Wildman–Crippen LogP) is 3.24. The molecule has 27 heavy (non-hydrogen) atoms. The molecule has 5 nitrogen and oxygen atoms in total. The molecule has 152 valence electrons. The first-order chi connectivity index (χ1) is 12.1. The molecule has 0 saturated carbocycles. The quantitative estimate of drug-likeness (QED) is 0.756. The van der Waals surface area contributed by atoms with Crippen molar-refractivity contribution < 1.29 is 9.18 Å². The zero-order valence-electron chi connectivity index (χ0n) is 15.8. The second-order valence-corrected chi connectivity index (χ2v) is 7.06. The number of piperidine rings is 1. The fraction of sp³-hybridized carbons (Fsp3) is 0.579. The zero-order valence-corrected chi connectivity index (χ0v) is 17.5. The highest BCUT2D eigenvalue weighted by atomic mass is 35.5. The third kappa shape index (κ3) is 5.80. The molecule has 0 aliphatic carbocycles. The zero-order chi connectivity index (χ0) is 17.8. The van der Waals surface area contributed by atoms with Crippen LogP contribution in [0.1, 0.15) is 32.0 Å². The van der Waals surface area contributed by atoms with Crippen molar-refractivity contribution in [2.45, 2.75) is 32.6 Å². The van der Waals surface area contributed by atoms with E-state index in [1.165, 1.54) is 6.07 Å². The Kier molecular flexibility index (Phi) is 9.50. The molecule has 2 N–H and O–H groups in total. The fourth-order valence-electron chi connectivity index (χ4n) is 3.71. The standard InChI is InChI=1S/C19H27FN4O.2ClH/c1-13(14-6-9-21-10-7-14)12-18(25)22-11-8-17-23-19-15(20)4-3-5-16(19)24(17)2;;/h3-5,13-14,21H,6-12H2,1-2H3,(H,22,25);2*1H. The largest absolute Gasteiger partial charge is 0.356 e. The van der Waals surface area contributed by atoms with Gasteiger partial charge in [0, 0.05) is 26.4 Å². The lowest BCUT2D eigenvalue weighted by Gasteiger charge is -2.27. The maximum Gasteiger partial charge on any atom is 0.220 e. The topological polar surface area (TPSA) is 59.0 Å². The molecule has 1 aromatic heterocycles. The van der Waals surface area contributed by atoms with Gasteiger partial charge in [-0.3, -0.25) is 4.79 Å². The Bertz CT molecular complexity index is 747. The SMILES string of the molecule is CC(CC(=O)NCCc1nc2c(F)cccc2n1C)C1CCNCC1.Cl.Cl. The van der Waals surface area contributed by atoms with Gasteiger partial charge in [0.2, 0.25) is 5.91 Å². The van der Waals surface area contributed by atoms with Gasteiger partial charge in [-0.05, 0) is 49.9 Å². The van der Waals surface area contributed by atoms with Crippen LogP contribution in [0.25, 0.3) is 11.0 Å². The molecule has 1 unspecified atom stereocenters.